The summed E-state index contributed by atoms with van der Waals surface area (Å²) in [5.41, 5.74) is 0.870. The van der Waals surface area contributed by atoms with E-state index >= 15 is 0 Å². The smallest absolute Gasteiger partial charge is 0.138 e. The zero-order valence-corrected chi connectivity index (χ0v) is 10.7. The zero-order chi connectivity index (χ0) is 11.7. The monoisotopic (exact) mass is 269 g/mol. The number of nitrogens with zero attached hydrogens (tertiary/aromatic N) is 3. The average Bonchev–Trinajstić information content (AvgIpc) is 2.91. The third kappa shape index (κ3) is 2.68. The fourth-order valence-corrected chi connectivity index (χ4v) is 2.45. The number of aromatic nitrogens is 2. The topological polar surface area (TPSA) is 42.2 Å². The van der Waals surface area contributed by atoms with Crippen LogP contribution in [0.25, 0.3) is 0 Å². The quantitative estimate of drug-likeness (QED) is 0.837. The lowest BCUT2D eigenvalue weighted by molar-refractivity contribution is 0.222. The molecule has 0 aliphatic heterocycles. The van der Waals surface area contributed by atoms with Crippen LogP contribution in [-0.4, -0.2) is 20.5 Å². The fraction of sp³-hybridized carbons (Fsp3) is 0.455. The first-order valence-electron chi connectivity index (χ1n) is 5.56. The van der Waals surface area contributed by atoms with Gasteiger partial charge in [-0.1, -0.05) is 16.1 Å². The van der Waals surface area contributed by atoms with Gasteiger partial charge in [0.25, 0.3) is 0 Å². The summed E-state index contributed by atoms with van der Waals surface area (Å²) in [6, 6.07) is 4.55. The highest BCUT2D eigenvalue weighted by molar-refractivity contribution is 7.10. The second-order valence-electron chi connectivity index (χ2n) is 4.21. The third-order valence-corrected chi connectivity index (χ3v) is 3.85. The zero-order valence-electron chi connectivity index (χ0n) is 9.17. The molecule has 2 aromatic heterocycles. The SMILES string of the molecule is Clc1snnc1CN(Cc1ccco1)C1CC1. The average molecular weight is 270 g/mol. The van der Waals surface area contributed by atoms with E-state index in [1.165, 1.54) is 24.4 Å². The van der Waals surface area contributed by atoms with Crippen molar-refractivity contribution in [3.8, 4) is 0 Å². The Labute approximate surface area is 108 Å². The molecule has 0 saturated heterocycles. The molecule has 1 saturated carbocycles. The first-order chi connectivity index (χ1) is 8.33. The summed E-state index contributed by atoms with van der Waals surface area (Å²) in [6.45, 7) is 1.56. The van der Waals surface area contributed by atoms with Crippen LogP contribution >= 0.6 is 23.1 Å². The van der Waals surface area contributed by atoms with Crippen molar-refractivity contribution in [2.45, 2.75) is 32.0 Å². The summed E-state index contributed by atoms with van der Waals surface area (Å²) in [7, 11) is 0. The number of hydrogen-bond donors (Lipinski definition) is 0. The standard InChI is InChI=1S/C11H12ClN3OS/c12-11-10(13-14-17-11)7-15(8-3-4-8)6-9-2-1-5-16-9/h1-2,5,8H,3-4,6-7H2. The third-order valence-electron chi connectivity index (χ3n) is 2.86. The Morgan fingerprint density at radius 2 is 2.35 bits per heavy atom. The van der Waals surface area contributed by atoms with E-state index < -0.39 is 0 Å². The minimum atomic E-state index is 0.637. The summed E-state index contributed by atoms with van der Waals surface area (Å²) in [5.74, 6) is 0.983. The highest BCUT2D eigenvalue weighted by Gasteiger charge is 2.30. The lowest BCUT2D eigenvalue weighted by Crippen LogP contribution is -2.25. The van der Waals surface area contributed by atoms with Gasteiger partial charge in [-0.25, -0.2) is 0 Å². The Bertz CT molecular complexity index is 481. The molecule has 0 aromatic carbocycles. The molecule has 3 rings (SSSR count). The highest BCUT2D eigenvalue weighted by Crippen LogP contribution is 2.31. The maximum absolute atomic E-state index is 6.03. The van der Waals surface area contributed by atoms with Crippen LogP contribution in [0.2, 0.25) is 4.34 Å². The molecule has 0 N–H and O–H groups in total. The molecule has 4 nitrogen and oxygen atoms in total. The number of halogens is 1. The van der Waals surface area contributed by atoms with E-state index in [4.69, 9.17) is 16.0 Å². The first-order valence-corrected chi connectivity index (χ1v) is 6.71. The number of hydrogen-bond acceptors (Lipinski definition) is 5. The van der Waals surface area contributed by atoms with Crippen LogP contribution in [0, 0.1) is 0 Å². The minimum Gasteiger partial charge on any atom is -0.468 e. The lowest BCUT2D eigenvalue weighted by atomic mass is 10.3. The molecule has 1 aliphatic rings. The largest absolute Gasteiger partial charge is 0.468 e. The number of furan rings is 1. The van der Waals surface area contributed by atoms with Gasteiger partial charge in [-0.15, -0.1) is 5.10 Å². The fourth-order valence-electron chi connectivity index (χ4n) is 1.84. The van der Waals surface area contributed by atoms with Crippen molar-refractivity contribution >= 4 is 23.1 Å². The van der Waals surface area contributed by atoms with E-state index in [9.17, 15) is 0 Å². The minimum absolute atomic E-state index is 0.637. The van der Waals surface area contributed by atoms with E-state index in [1.54, 1.807) is 6.26 Å². The van der Waals surface area contributed by atoms with E-state index in [0.29, 0.717) is 10.4 Å². The normalized spacial score (nSPS) is 15.6. The van der Waals surface area contributed by atoms with Gasteiger partial charge in [0.1, 0.15) is 15.8 Å². The molecule has 0 unspecified atom stereocenters. The van der Waals surface area contributed by atoms with E-state index in [1.807, 2.05) is 12.1 Å². The Morgan fingerprint density at radius 3 is 2.94 bits per heavy atom. The van der Waals surface area contributed by atoms with Crippen LogP contribution in [0.5, 0.6) is 0 Å². The molecule has 0 bridgehead atoms. The van der Waals surface area contributed by atoms with Gasteiger partial charge in [-0.05, 0) is 25.0 Å². The van der Waals surface area contributed by atoms with Crippen LogP contribution in [0.1, 0.15) is 24.3 Å². The summed E-state index contributed by atoms with van der Waals surface area (Å²) in [5, 5.41) is 4.06. The molecule has 0 radical (unpaired) electrons. The maximum Gasteiger partial charge on any atom is 0.138 e. The summed E-state index contributed by atoms with van der Waals surface area (Å²) in [4.78, 5) is 2.35. The molecule has 2 aromatic rings. The van der Waals surface area contributed by atoms with Gasteiger partial charge in [0, 0.05) is 24.1 Å². The van der Waals surface area contributed by atoms with Crippen LogP contribution in [-0.2, 0) is 13.1 Å². The first kappa shape index (κ1) is 11.2. The van der Waals surface area contributed by atoms with Gasteiger partial charge in [-0.2, -0.15) is 0 Å². The van der Waals surface area contributed by atoms with Gasteiger partial charge < -0.3 is 4.42 Å². The molecule has 1 aliphatic carbocycles. The van der Waals surface area contributed by atoms with Crippen molar-refractivity contribution in [3.63, 3.8) is 0 Å². The van der Waals surface area contributed by atoms with Crippen molar-refractivity contribution in [1.82, 2.24) is 14.5 Å². The summed E-state index contributed by atoms with van der Waals surface area (Å²) >= 11 is 7.27. The molecular weight excluding hydrogens is 258 g/mol. The van der Waals surface area contributed by atoms with Gasteiger partial charge in [0.2, 0.25) is 0 Å². The number of rotatable bonds is 5. The van der Waals surface area contributed by atoms with Crippen LogP contribution in [0.3, 0.4) is 0 Å². The molecule has 0 atom stereocenters. The predicted octanol–water partition coefficient (Wildman–Crippen LogP) is 2.95. The Hall–Kier alpha value is -0.910. The summed E-state index contributed by atoms with van der Waals surface area (Å²) < 4.78 is 9.93. The molecule has 90 valence electrons. The van der Waals surface area contributed by atoms with E-state index in [0.717, 1.165) is 24.5 Å². The van der Waals surface area contributed by atoms with Gasteiger partial charge in [0.15, 0.2) is 0 Å². The van der Waals surface area contributed by atoms with Crippen LogP contribution in [0.15, 0.2) is 22.8 Å². The van der Waals surface area contributed by atoms with Crippen molar-refractivity contribution < 1.29 is 4.42 Å². The molecule has 17 heavy (non-hydrogen) atoms. The van der Waals surface area contributed by atoms with Gasteiger partial charge >= 0.3 is 0 Å². The molecule has 0 spiro atoms. The lowest BCUT2D eigenvalue weighted by Gasteiger charge is -2.19. The molecule has 6 heteroatoms. The molecule has 2 heterocycles. The highest BCUT2D eigenvalue weighted by atomic mass is 35.5. The van der Waals surface area contributed by atoms with Crippen molar-refractivity contribution in [3.05, 3.63) is 34.2 Å². The second-order valence-corrected chi connectivity index (χ2v) is 5.57. The van der Waals surface area contributed by atoms with Crippen LogP contribution < -0.4 is 0 Å². The van der Waals surface area contributed by atoms with Crippen molar-refractivity contribution in [2.75, 3.05) is 0 Å². The second kappa shape index (κ2) is 4.76. The van der Waals surface area contributed by atoms with Gasteiger partial charge in [0.05, 0.1) is 12.8 Å². The predicted molar refractivity (Wildman–Crippen MR) is 65.9 cm³/mol. The Morgan fingerprint density at radius 1 is 1.47 bits per heavy atom. The molecule has 1 fully saturated rings. The Kier molecular flexibility index (Phi) is 3.13. The Balaban J connectivity index is 1.70. The van der Waals surface area contributed by atoms with E-state index in [-0.39, 0.29) is 0 Å². The molecule has 0 amide bonds. The molecular formula is C11H12ClN3OS. The van der Waals surface area contributed by atoms with Gasteiger partial charge in [-0.3, -0.25) is 4.90 Å². The maximum atomic E-state index is 6.03. The van der Waals surface area contributed by atoms with Crippen molar-refractivity contribution in [2.24, 2.45) is 0 Å². The summed E-state index contributed by atoms with van der Waals surface area (Å²) in [6.07, 6.45) is 4.20. The van der Waals surface area contributed by atoms with Crippen LogP contribution in [0.4, 0.5) is 0 Å². The van der Waals surface area contributed by atoms with Crippen molar-refractivity contribution in [1.29, 1.82) is 0 Å². The van der Waals surface area contributed by atoms with E-state index in [2.05, 4.69) is 14.5 Å².